The molecule has 1 atom stereocenters. The number of fused-ring (bicyclic) bond motifs is 2. The number of ether oxygens (including phenoxy) is 3. The van der Waals surface area contributed by atoms with Crippen molar-refractivity contribution in [1.29, 1.82) is 0 Å². The summed E-state index contributed by atoms with van der Waals surface area (Å²) in [5.41, 5.74) is 3.30. The van der Waals surface area contributed by atoms with Gasteiger partial charge in [0.15, 0.2) is 17.7 Å². The van der Waals surface area contributed by atoms with E-state index in [0.717, 1.165) is 17.5 Å². The number of nitrogens with one attached hydrogen (secondary N) is 1. The van der Waals surface area contributed by atoms with Crippen molar-refractivity contribution in [2.45, 2.75) is 59.2 Å². The second kappa shape index (κ2) is 9.25. The third kappa shape index (κ3) is 4.65. The molecule has 1 aromatic carbocycles. The Morgan fingerprint density at radius 2 is 2.00 bits per heavy atom. The standard InChI is InChI=1S/C25H30BFN2O6/c1-12-14-8-7-9-34-21(14)17(27)10-15(12)20-16-11-18(26(31)32)29-23(16)28-13(2)19(20)22(24(30)33-6)35-25(3,4)5/h10-11,22,31-32H,7-9H2,1-6H3,(H,28,29). The monoisotopic (exact) mass is 484 g/mol. The molecule has 0 saturated carbocycles. The lowest BCUT2D eigenvalue weighted by atomic mass is 9.84. The van der Waals surface area contributed by atoms with Gasteiger partial charge in [0.2, 0.25) is 0 Å². The number of carbonyl (C=O) groups excluding carboxylic acids is 1. The van der Waals surface area contributed by atoms with Crippen molar-refractivity contribution in [2.75, 3.05) is 13.7 Å². The molecule has 3 N–H and O–H groups in total. The van der Waals surface area contributed by atoms with Gasteiger partial charge in [0.1, 0.15) is 5.65 Å². The van der Waals surface area contributed by atoms with Crippen LogP contribution in [0.1, 0.15) is 55.7 Å². The predicted octanol–water partition coefficient (Wildman–Crippen LogP) is 3.02. The first-order valence-electron chi connectivity index (χ1n) is 11.5. The molecule has 186 valence electrons. The molecule has 0 amide bonds. The summed E-state index contributed by atoms with van der Waals surface area (Å²) in [7, 11) is -0.488. The Morgan fingerprint density at radius 1 is 1.29 bits per heavy atom. The minimum Gasteiger partial charge on any atom is -0.490 e. The van der Waals surface area contributed by atoms with Crippen molar-refractivity contribution >= 4 is 29.7 Å². The van der Waals surface area contributed by atoms with E-state index in [-0.39, 0.29) is 11.3 Å². The molecular formula is C25H30BFN2O6. The summed E-state index contributed by atoms with van der Waals surface area (Å²) in [4.78, 5) is 20.5. The van der Waals surface area contributed by atoms with Crippen molar-refractivity contribution in [2.24, 2.45) is 0 Å². The third-order valence-electron chi connectivity index (χ3n) is 6.16. The number of esters is 1. The predicted molar refractivity (Wildman–Crippen MR) is 130 cm³/mol. The van der Waals surface area contributed by atoms with Crippen molar-refractivity contribution in [3.63, 3.8) is 0 Å². The summed E-state index contributed by atoms with van der Waals surface area (Å²) in [5.74, 6) is -0.877. The number of aromatic amines is 1. The fraction of sp³-hybridized carbons (Fsp3) is 0.440. The minimum absolute atomic E-state index is 0.121. The lowest BCUT2D eigenvalue weighted by Gasteiger charge is -2.29. The van der Waals surface area contributed by atoms with E-state index in [9.17, 15) is 14.8 Å². The average Bonchev–Trinajstić information content (AvgIpc) is 3.22. The van der Waals surface area contributed by atoms with Crippen LogP contribution < -0.4 is 10.3 Å². The van der Waals surface area contributed by atoms with Crippen LogP contribution in [0.5, 0.6) is 5.75 Å². The van der Waals surface area contributed by atoms with Gasteiger partial charge < -0.3 is 29.2 Å². The highest BCUT2D eigenvalue weighted by molar-refractivity contribution is 6.58. The fourth-order valence-corrected chi connectivity index (χ4v) is 4.65. The molecule has 8 nitrogen and oxygen atoms in total. The van der Waals surface area contributed by atoms with E-state index in [1.165, 1.54) is 13.2 Å². The topological polar surface area (TPSA) is 114 Å². The van der Waals surface area contributed by atoms with Gasteiger partial charge in [0.25, 0.3) is 0 Å². The van der Waals surface area contributed by atoms with Crippen LogP contribution >= 0.6 is 0 Å². The van der Waals surface area contributed by atoms with Gasteiger partial charge in [-0.05, 0) is 70.7 Å². The summed E-state index contributed by atoms with van der Waals surface area (Å²) in [6.45, 7) is 9.53. The molecule has 0 aliphatic carbocycles. The highest BCUT2D eigenvalue weighted by Crippen LogP contribution is 2.44. The lowest BCUT2D eigenvalue weighted by molar-refractivity contribution is -0.164. The van der Waals surface area contributed by atoms with E-state index in [1.54, 1.807) is 13.0 Å². The van der Waals surface area contributed by atoms with Crippen molar-refractivity contribution in [3.05, 3.63) is 40.3 Å². The lowest BCUT2D eigenvalue weighted by Crippen LogP contribution is -2.30. The number of aryl methyl sites for hydroxylation is 1. The van der Waals surface area contributed by atoms with Gasteiger partial charge >= 0.3 is 13.1 Å². The van der Waals surface area contributed by atoms with Crippen LogP contribution in [-0.4, -0.2) is 52.4 Å². The smallest absolute Gasteiger partial charge is 0.490 e. The second-order valence-electron chi connectivity index (χ2n) is 9.77. The van der Waals surface area contributed by atoms with Crippen LogP contribution in [0, 0.1) is 19.7 Å². The second-order valence-corrected chi connectivity index (χ2v) is 9.77. The Morgan fingerprint density at radius 3 is 2.63 bits per heavy atom. The molecule has 1 aliphatic heterocycles. The molecule has 3 heterocycles. The zero-order chi connectivity index (χ0) is 25.7. The molecule has 4 rings (SSSR count). The number of methoxy groups -OCH3 is 1. The molecule has 0 fully saturated rings. The summed E-state index contributed by atoms with van der Waals surface area (Å²) in [5, 5.41) is 20.1. The van der Waals surface area contributed by atoms with Crippen molar-refractivity contribution in [3.8, 4) is 16.9 Å². The number of hydrogen-bond acceptors (Lipinski definition) is 7. The van der Waals surface area contributed by atoms with E-state index < -0.39 is 30.6 Å². The number of pyridine rings is 1. The summed E-state index contributed by atoms with van der Waals surface area (Å²) >= 11 is 0. The molecule has 2 aromatic heterocycles. The first kappa shape index (κ1) is 25.2. The van der Waals surface area contributed by atoms with Crippen LogP contribution in [0.3, 0.4) is 0 Å². The van der Waals surface area contributed by atoms with Gasteiger partial charge in [-0.3, -0.25) is 0 Å². The molecule has 35 heavy (non-hydrogen) atoms. The van der Waals surface area contributed by atoms with Crippen LogP contribution in [0.25, 0.3) is 22.2 Å². The highest BCUT2D eigenvalue weighted by Gasteiger charge is 2.35. The molecule has 0 saturated heterocycles. The van der Waals surface area contributed by atoms with Crippen molar-refractivity contribution in [1.82, 2.24) is 9.97 Å². The van der Waals surface area contributed by atoms with E-state index in [1.807, 2.05) is 27.7 Å². The molecule has 0 bridgehead atoms. The Labute approximate surface area is 203 Å². The van der Waals surface area contributed by atoms with Crippen LogP contribution in [0.2, 0.25) is 0 Å². The van der Waals surface area contributed by atoms with Crippen LogP contribution in [-0.2, 0) is 20.7 Å². The SMILES string of the molecule is COC(=O)C(OC(C)(C)C)c1c(C)nc2[nH]c(B(O)O)cc2c1-c1cc(F)c2c(c1C)CCCO2. The molecule has 1 unspecified atom stereocenters. The minimum atomic E-state index is -1.77. The number of nitrogens with zero attached hydrogens (tertiary/aromatic N) is 1. The summed E-state index contributed by atoms with van der Waals surface area (Å²) in [6.07, 6.45) is 0.261. The Balaban J connectivity index is 2.12. The first-order valence-corrected chi connectivity index (χ1v) is 11.5. The van der Waals surface area contributed by atoms with Gasteiger partial charge in [-0.1, -0.05) is 0 Å². The largest absolute Gasteiger partial charge is 0.505 e. The maximum absolute atomic E-state index is 15.3. The van der Waals surface area contributed by atoms with Gasteiger partial charge in [0.05, 0.1) is 19.3 Å². The zero-order valence-electron chi connectivity index (χ0n) is 20.8. The number of benzene rings is 1. The average molecular weight is 484 g/mol. The molecule has 0 radical (unpaired) electrons. The Kier molecular flexibility index (Phi) is 6.65. The number of rotatable bonds is 5. The first-order chi connectivity index (χ1) is 16.4. The van der Waals surface area contributed by atoms with Crippen molar-refractivity contribution < 1.29 is 33.4 Å². The van der Waals surface area contributed by atoms with Gasteiger partial charge in [-0.25, -0.2) is 14.2 Å². The maximum atomic E-state index is 15.3. The van der Waals surface area contributed by atoms with Gasteiger partial charge in [-0.2, -0.15) is 0 Å². The van der Waals surface area contributed by atoms with Gasteiger partial charge in [0, 0.05) is 33.4 Å². The maximum Gasteiger partial charge on any atom is 0.505 e. The van der Waals surface area contributed by atoms with Gasteiger partial charge in [-0.15, -0.1) is 0 Å². The number of H-pyrrole nitrogens is 1. The normalized spacial score (nSPS) is 14.4. The molecule has 3 aromatic rings. The van der Waals surface area contributed by atoms with Crippen LogP contribution in [0.4, 0.5) is 4.39 Å². The molecule has 0 spiro atoms. The Hall–Kier alpha value is -2.95. The van der Waals surface area contributed by atoms with E-state index in [4.69, 9.17) is 14.2 Å². The number of halogens is 1. The third-order valence-corrected chi connectivity index (χ3v) is 6.16. The van der Waals surface area contributed by atoms with E-state index in [0.29, 0.717) is 46.4 Å². The summed E-state index contributed by atoms with van der Waals surface area (Å²) in [6, 6.07) is 2.94. The molecular weight excluding hydrogens is 454 g/mol. The Bertz CT molecular complexity index is 1300. The number of carbonyl (C=O) groups is 1. The highest BCUT2D eigenvalue weighted by atomic mass is 19.1. The fourth-order valence-electron chi connectivity index (χ4n) is 4.65. The molecule has 10 heteroatoms. The number of aromatic nitrogens is 2. The quantitative estimate of drug-likeness (QED) is 0.377. The number of hydrogen-bond donors (Lipinski definition) is 3. The summed E-state index contributed by atoms with van der Waals surface area (Å²) < 4.78 is 32.2. The zero-order valence-corrected chi connectivity index (χ0v) is 20.8. The molecule has 1 aliphatic rings. The van der Waals surface area contributed by atoms with E-state index >= 15 is 4.39 Å². The van der Waals surface area contributed by atoms with Crippen LogP contribution in [0.15, 0.2) is 12.1 Å². The van der Waals surface area contributed by atoms with E-state index in [2.05, 4.69) is 9.97 Å².